The van der Waals surface area contributed by atoms with E-state index < -0.39 is 5.91 Å². The van der Waals surface area contributed by atoms with Crippen molar-refractivity contribution < 1.29 is 19.1 Å². The Bertz CT molecular complexity index is 1030. The van der Waals surface area contributed by atoms with Crippen molar-refractivity contribution in [2.24, 2.45) is 0 Å². The number of benzene rings is 1. The van der Waals surface area contributed by atoms with Crippen molar-refractivity contribution in [1.29, 1.82) is 0 Å². The summed E-state index contributed by atoms with van der Waals surface area (Å²) < 4.78 is 6.82. The van der Waals surface area contributed by atoms with Crippen molar-refractivity contribution in [3.05, 3.63) is 58.4 Å². The average molecular weight is 384 g/mol. The van der Waals surface area contributed by atoms with Crippen molar-refractivity contribution in [2.45, 2.75) is 6.54 Å². The van der Waals surface area contributed by atoms with Crippen LogP contribution in [0.15, 0.2) is 36.0 Å². The standard InChI is InChI=1S/C18H16N4O4S/c1-26-6-4-22-16(24)13-3-2-11(8-14(13)17(22)25)15(23)19-9-12-10-21-5-7-27-18(21)20-12/h2-3,5,7-8,10H,4,6,9H2,1H3,(H,19,23). The quantitative estimate of drug-likeness (QED) is 0.651. The van der Waals surface area contributed by atoms with Crippen molar-refractivity contribution >= 4 is 34.0 Å². The van der Waals surface area contributed by atoms with Gasteiger partial charge < -0.3 is 10.1 Å². The number of carbonyl (C=O) groups excluding carboxylic acids is 3. The van der Waals surface area contributed by atoms with Gasteiger partial charge in [-0.25, -0.2) is 4.98 Å². The number of nitrogens with zero attached hydrogens (tertiary/aromatic N) is 3. The van der Waals surface area contributed by atoms with Crippen LogP contribution in [0.2, 0.25) is 0 Å². The van der Waals surface area contributed by atoms with Crippen molar-refractivity contribution in [3.8, 4) is 0 Å². The highest BCUT2D eigenvalue weighted by Crippen LogP contribution is 2.24. The molecule has 9 heteroatoms. The zero-order chi connectivity index (χ0) is 19.0. The lowest BCUT2D eigenvalue weighted by molar-refractivity contribution is 0.0603. The van der Waals surface area contributed by atoms with Crippen LogP contribution < -0.4 is 5.32 Å². The van der Waals surface area contributed by atoms with E-state index in [0.29, 0.717) is 11.1 Å². The van der Waals surface area contributed by atoms with Gasteiger partial charge in [-0.05, 0) is 18.2 Å². The molecule has 0 fully saturated rings. The molecule has 4 rings (SSSR count). The van der Waals surface area contributed by atoms with E-state index >= 15 is 0 Å². The van der Waals surface area contributed by atoms with Gasteiger partial charge in [0.25, 0.3) is 17.7 Å². The first kappa shape index (κ1) is 17.4. The molecule has 0 bridgehead atoms. The van der Waals surface area contributed by atoms with Crippen molar-refractivity contribution in [3.63, 3.8) is 0 Å². The fraction of sp³-hybridized carbons (Fsp3) is 0.222. The summed E-state index contributed by atoms with van der Waals surface area (Å²) in [6.45, 7) is 0.722. The first-order valence-electron chi connectivity index (χ1n) is 8.27. The highest BCUT2D eigenvalue weighted by molar-refractivity contribution is 7.15. The van der Waals surface area contributed by atoms with Crippen LogP contribution in [0.5, 0.6) is 0 Å². The van der Waals surface area contributed by atoms with E-state index in [4.69, 9.17) is 4.74 Å². The van der Waals surface area contributed by atoms with Crippen molar-refractivity contribution in [1.82, 2.24) is 19.6 Å². The van der Waals surface area contributed by atoms with Gasteiger partial charge in [-0.3, -0.25) is 23.7 Å². The molecule has 3 heterocycles. The normalized spacial score (nSPS) is 13.4. The second-order valence-corrected chi connectivity index (χ2v) is 6.90. The molecule has 0 aliphatic carbocycles. The predicted octanol–water partition coefficient (Wildman–Crippen LogP) is 1.57. The van der Waals surface area contributed by atoms with E-state index in [2.05, 4.69) is 10.3 Å². The number of thiazole rings is 1. The first-order valence-corrected chi connectivity index (χ1v) is 9.15. The third-order valence-electron chi connectivity index (χ3n) is 4.33. The molecular formula is C18H16N4O4S. The number of aromatic nitrogens is 2. The number of fused-ring (bicyclic) bond motifs is 2. The summed E-state index contributed by atoms with van der Waals surface area (Å²) in [6.07, 6.45) is 3.75. The summed E-state index contributed by atoms with van der Waals surface area (Å²) in [5.41, 5.74) is 1.62. The number of rotatable bonds is 6. The Balaban J connectivity index is 1.48. The van der Waals surface area contributed by atoms with Crippen LogP contribution in [0.25, 0.3) is 4.96 Å². The zero-order valence-corrected chi connectivity index (χ0v) is 15.3. The fourth-order valence-electron chi connectivity index (χ4n) is 2.95. The summed E-state index contributed by atoms with van der Waals surface area (Å²) >= 11 is 1.51. The summed E-state index contributed by atoms with van der Waals surface area (Å²) in [4.78, 5) is 43.6. The second-order valence-electron chi connectivity index (χ2n) is 6.02. The molecule has 0 unspecified atom stereocenters. The van der Waals surface area contributed by atoms with Crippen LogP contribution in [0.4, 0.5) is 0 Å². The number of carbonyl (C=O) groups is 3. The maximum Gasteiger partial charge on any atom is 0.261 e. The van der Waals surface area contributed by atoms with Crippen LogP contribution in [0.3, 0.4) is 0 Å². The third kappa shape index (κ3) is 3.11. The third-order valence-corrected chi connectivity index (χ3v) is 5.10. The lowest BCUT2D eigenvalue weighted by Crippen LogP contribution is -2.32. The predicted molar refractivity (Wildman–Crippen MR) is 97.9 cm³/mol. The van der Waals surface area contributed by atoms with Gasteiger partial charge in [-0.15, -0.1) is 11.3 Å². The lowest BCUT2D eigenvalue weighted by Gasteiger charge is -2.12. The summed E-state index contributed by atoms with van der Waals surface area (Å²) in [5, 5.41) is 4.72. The molecule has 0 spiro atoms. The number of imide groups is 1. The Morgan fingerprint density at radius 1 is 1.26 bits per heavy atom. The summed E-state index contributed by atoms with van der Waals surface area (Å²) in [5.74, 6) is -1.10. The first-order chi connectivity index (χ1) is 13.1. The van der Waals surface area contributed by atoms with E-state index in [9.17, 15) is 14.4 Å². The fourth-order valence-corrected chi connectivity index (χ4v) is 3.67. The minimum atomic E-state index is -0.406. The largest absolute Gasteiger partial charge is 0.383 e. The van der Waals surface area contributed by atoms with Gasteiger partial charge in [-0.2, -0.15) is 0 Å². The van der Waals surface area contributed by atoms with E-state index in [1.54, 1.807) is 6.07 Å². The van der Waals surface area contributed by atoms with Crippen molar-refractivity contribution in [2.75, 3.05) is 20.3 Å². The monoisotopic (exact) mass is 384 g/mol. The Kier molecular flexibility index (Phi) is 4.46. The molecule has 27 heavy (non-hydrogen) atoms. The highest BCUT2D eigenvalue weighted by atomic mass is 32.1. The van der Waals surface area contributed by atoms with Gasteiger partial charge in [0.2, 0.25) is 0 Å². The molecule has 0 saturated carbocycles. The van der Waals surface area contributed by atoms with Gasteiger partial charge in [0.15, 0.2) is 4.96 Å². The zero-order valence-electron chi connectivity index (χ0n) is 14.5. The van der Waals surface area contributed by atoms with E-state index in [0.717, 1.165) is 15.6 Å². The number of ether oxygens (including phenoxy) is 1. The van der Waals surface area contributed by atoms with Crippen LogP contribution in [0.1, 0.15) is 36.8 Å². The van der Waals surface area contributed by atoms with Crippen LogP contribution in [-0.2, 0) is 11.3 Å². The maximum absolute atomic E-state index is 12.4. The molecule has 1 aliphatic heterocycles. The molecule has 3 amide bonds. The van der Waals surface area contributed by atoms with E-state index in [1.807, 2.05) is 22.2 Å². The smallest absolute Gasteiger partial charge is 0.261 e. The topological polar surface area (TPSA) is 93.0 Å². The summed E-state index contributed by atoms with van der Waals surface area (Å²) in [6, 6.07) is 4.53. The van der Waals surface area contributed by atoms with E-state index in [1.165, 1.54) is 30.6 Å². The molecule has 0 atom stereocenters. The molecule has 1 aromatic carbocycles. The van der Waals surface area contributed by atoms with E-state index in [-0.39, 0.29) is 37.1 Å². The molecule has 1 aliphatic rings. The van der Waals surface area contributed by atoms with Gasteiger partial charge in [0.05, 0.1) is 36.5 Å². The number of hydrogen-bond donors (Lipinski definition) is 1. The minimum absolute atomic E-state index is 0.182. The SMILES string of the molecule is COCCN1C(=O)c2ccc(C(=O)NCc3cn4ccsc4n3)cc2C1=O. The van der Waals surface area contributed by atoms with Gasteiger partial charge in [-0.1, -0.05) is 0 Å². The Morgan fingerprint density at radius 2 is 2.07 bits per heavy atom. The lowest BCUT2D eigenvalue weighted by atomic mass is 10.1. The average Bonchev–Trinajstić information content (AvgIpc) is 3.32. The molecule has 3 aromatic rings. The molecule has 1 N–H and O–H groups in total. The molecule has 8 nitrogen and oxygen atoms in total. The Labute approximate surface area is 158 Å². The number of amides is 3. The highest BCUT2D eigenvalue weighted by Gasteiger charge is 2.35. The molecule has 0 radical (unpaired) electrons. The van der Waals surface area contributed by atoms with Gasteiger partial charge >= 0.3 is 0 Å². The van der Waals surface area contributed by atoms with Gasteiger partial charge in [0, 0.05) is 30.4 Å². The minimum Gasteiger partial charge on any atom is -0.383 e. The summed E-state index contributed by atoms with van der Waals surface area (Å²) in [7, 11) is 1.50. The molecular weight excluding hydrogens is 368 g/mol. The molecule has 2 aromatic heterocycles. The van der Waals surface area contributed by atoms with Crippen LogP contribution >= 0.6 is 11.3 Å². The number of methoxy groups -OCH3 is 1. The van der Waals surface area contributed by atoms with Gasteiger partial charge in [0.1, 0.15) is 0 Å². The number of nitrogens with one attached hydrogen (secondary N) is 1. The molecule has 138 valence electrons. The maximum atomic E-state index is 12.4. The van der Waals surface area contributed by atoms with Crippen LogP contribution in [-0.4, -0.2) is 52.3 Å². The number of imidazole rings is 1. The Hall–Kier alpha value is -3.04. The second kappa shape index (κ2) is 6.93. The number of hydrogen-bond acceptors (Lipinski definition) is 6. The Morgan fingerprint density at radius 3 is 2.85 bits per heavy atom. The molecule has 0 saturated heterocycles. The van der Waals surface area contributed by atoms with Crippen LogP contribution in [0, 0.1) is 0 Å².